The van der Waals surface area contributed by atoms with E-state index in [1.54, 1.807) is 0 Å². The minimum atomic E-state index is -1.44. The van der Waals surface area contributed by atoms with E-state index >= 15 is 0 Å². The van der Waals surface area contributed by atoms with Crippen molar-refractivity contribution >= 4 is 36.3 Å². The molecule has 0 rings (SSSR count). The Hall–Kier alpha value is -1.32. The van der Waals surface area contributed by atoms with E-state index in [9.17, 15) is 24.3 Å². The van der Waals surface area contributed by atoms with Crippen molar-refractivity contribution in [3.05, 3.63) is 5.32 Å². The number of carboxylic acids is 1. The van der Waals surface area contributed by atoms with Crippen molar-refractivity contribution in [2.75, 3.05) is 25.4 Å². The maximum absolute atomic E-state index is 11.0. The summed E-state index contributed by atoms with van der Waals surface area (Å²) in [5.41, 5.74) is 0. The summed E-state index contributed by atoms with van der Waals surface area (Å²) in [6, 6.07) is 0. The van der Waals surface area contributed by atoms with Gasteiger partial charge < -0.3 is 43.3 Å². The van der Waals surface area contributed by atoms with Gasteiger partial charge >= 0.3 is 22.4 Å². The molecule has 0 atom stereocenters. The Morgan fingerprint density at radius 3 is 2.05 bits per heavy atom. The van der Waals surface area contributed by atoms with Gasteiger partial charge in [0.25, 0.3) is 0 Å². The van der Waals surface area contributed by atoms with Crippen molar-refractivity contribution in [2.45, 2.75) is 0 Å². The molecule has 0 aromatic rings. The van der Waals surface area contributed by atoms with Gasteiger partial charge in [0.15, 0.2) is 5.91 Å². The second-order valence-corrected chi connectivity index (χ2v) is 3.07. The number of nitrogens with zero attached hydrogens (tertiary/aromatic N) is 1. The first kappa shape index (κ1) is 20.0. The molecule has 107 valence electrons. The maximum atomic E-state index is 11.0. The van der Waals surface area contributed by atoms with E-state index in [1.807, 2.05) is 5.32 Å². The fourth-order valence-corrected chi connectivity index (χ4v) is 0.770. The van der Waals surface area contributed by atoms with E-state index in [2.05, 4.69) is 23.3 Å². The number of nitrogens with one attached hydrogen (secondary N) is 2. The van der Waals surface area contributed by atoms with E-state index < -0.39 is 36.8 Å². The molecule has 0 radical (unpaired) electrons. The second kappa shape index (κ2) is 13.1. The van der Waals surface area contributed by atoms with Gasteiger partial charge in [-0.15, -0.1) is 0 Å². The van der Waals surface area contributed by atoms with Gasteiger partial charge in [-0.2, -0.15) is 0 Å². The molecule has 0 fully saturated rings. The molecule has 0 bridgehead atoms. The van der Waals surface area contributed by atoms with Gasteiger partial charge in [-0.05, 0) is 6.54 Å². The summed E-state index contributed by atoms with van der Waals surface area (Å²) in [6.45, 7) is -1.49. The molecule has 0 aliphatic carbocycles. The SMILES string of the molecule is O=C([O-])CNC(=O)C[N-]C(=O)CNC(=O)C[S-].[O]=[Tc+2]. The molecular formula is C8H10N3O6STc-. The van der Waals surface area contributed by atoms with Crippen LogP contribution in [0.15, 0.2) is 0 Å². The third-order valence-corrected chi connectivity index (χ3v) is 1.66. The predicted octanol–water partition coefficient (Wildman–Crippen LogP) is -3.71. The first-order valence-electron chi connectivity index (χ1n) is 4.62. The van der Waals surface area contributed by atoms with Crippen LogP contribution in [0.3, 0.4) is 0 Å². The Labute approximate surface area is 124 Å². The summed E-state index contributed by atoms with van der Waals surface area (Å²) in [5, 5.41) is 17.4. The second-order valence-electron chi connectivity index (χ2n) is 2.78. The molecule has 19 heavy (non-hydrogen) atoms. The summed E-state index contributed by atoms with van der Waals surface area (Å²) in [6.07, 6.45) is 0. The molecule has 9 nitrogen and oxygen atoms in total. The quantitative estimate of drug-likeness (QED) is 0.436. The molecule has 11 heteroatoms. The monoisotopic (exact) mass is 373 g/mol. The molecule has 0 aliphatic heterocycles. The Kier molecular flexibility index (Phi) is 13.8. The molecule has 2 N–H and O–H groups in total. The van der Waals surface area contributed by atoms with Gasteiger partial charge in [0.05, 0.1) is 25.0 Å². The van der Waals surface area contributed by atoms with Crippen LogP contribution in [0.4, 0.5) is 0 Å². The van der Waals surface area contributed by atoms with Crippen LogP contribution in [0, 0.1) is 0 Å². The van der Waals surface area contributed by atoms with Crippen molar-refractivity contribution in [1.29, 1.82) is 0 Å². The number of carboxylic acid groups (broad SMARTS) is 1. The standard InChI is InChI=1S/C8H13N3O5S.O.Tc/c12-5(2-10-7(14)4-17)9-1-6(13)11-3-8(15)16;;/h1-4H2,(H5,9,10,11,12,13,14,15,16,17);;/q;;+2/p-3. The van der Waals surface area contributed by atoms with Crippen LogP contribution >= 0.6 is 0 Å². The Bertz CT molecular complexity index is 340. The molecule has 0 aromatic heterocycles. The molecule has 0 saturated carbocycles. The first-order chi connectivity index (χ1) is 8.95. The molecular weight excluding hydrogens is 364 g/mol. The predicted molar refractivity (Wildman–Crippen MR) is 57.2 cm³/mol. The number of hydrogen-bond acceptors (Lipinski definition) is 7. The van der Waals surface area contributed by atoms with Gasteiger partial charge in [-0.1, -0.05) is 5.75 Å². The summed E-state index contributed by atoms with van der Waals surface area (Å²) in [4.78, 5) is 42.5. The molecule has 0 aliphatic rings. The summed E-state index contributed by atoms with van der Waals surface area (Å²) in [5.74, 6) is -3.52. The number of carbonyl (C=O) groups excluding carboxylic acids is 4. The number of rotatable bonds is 7. The average molecular weight is 374 g/mol. The van der Waals surface area contributed by atoms with Crippen LogP contribution in [0.2, 0.25) is 0 Å². The van der Waals surface area contributed by atoms with Gasteiger partial charge in [-0.3, -0.25) is 9.59 Å². The van der Waals surface area contributed by atoms with Crippen molar-refractivity contribution in [2.24, 2.45) is 0 Å². The molecule has 0 aromatic carbocycles. The third kappa shape index (κ3) is 14.6. The zero-order valence-electron chi connectivity index (χ0n) is 9.51. The van der Waals surface area contributed by atoms with E-state index in [0.717, 1.165) is 18.9 Å². The zero-order valence-corrected chi connectivity index (χ0v) is 12.2. The van der Waals surface area contributed by atoms with Crippen molar-refractivity contribution in [3.8, 4) is 0 Å². The van der Waals surface area contributed by atoms with Crippen molar-refractivity contribution < 1.29 is 46.6 Å². The zero-order chi connectivity index (χ0) is 15.3. The summed E-state index contributed by atoms with van der Waals surface area (Å²) >= 11 is 5.31. The summed E-state index contributed by atoms with van der Waals surface area (Å²) < 4.78 is 8.22. The van der Waals surface area contributed by atoms with Crippen LogP contribution in [0.1, 0.15) is 0 Å². The van der Waals surface area contributed by atoms with E-state index in [-0.39, 0.29) is 12.3 Å². The van der Waals surface area contributed by atoms with E-state index in [4.69, 9.17) is 3.50 Å². The van der Waals surface area contributed by atoms with Gasteiger partial charge in [0.2, 0.25) is 5.91 Å². The molecule has 3 amide bonds. The normalized spacial score (nSPS) is 8.42. The Morgan fingerprint density at radius 1 is 1.05 bits per heavy atom. The van der Waals surface area contributed by atoms with Crippen LogP contribution in [-0.2, 0) is 54.2 Å². The molecule has 0 spiro atoms. The average Bonchev–Trinajstić information content (AvgIpc) is 2.42. The van der Waals surface area contributed by atoms with Gasteiger partial charge in [0.1, 0.15) is 0 Å². The number of amides is 3. The third-order valence-electron chi connectivity index (χ3n) is 1.40. The Balaban J connectivity index is 0. The number of aliphatic carboxylic acids is 1. The van der Waals surface area contributed by atoms with Gasteiger partial charge in [0, 0.05) is 0 Å². The minimum absolute atomic E-state index is 0.167. The van der Waals surface area contributed by atoms with Crippen LogP contribution in [0.5, 0.6) is 0 Å². The van der Waals surface area contributed by atoms with E-state index in [0.29, 0.717) is 0 Å². The van der Waals surface area contributed by atoms with Crippen molar-refractivity contribution in [3.63, 3.8) is 0 Å². The first-order valence-corrected chi connectivity index (χ1v) is 5.96. The molecule has 0 saturated heterocycles. The number of hydrogen-bond donors (Lipinski definition) is 2. The van der Waals surface area contributed by atoms with E-state index in [1.165, 1.54) is 0 Å². The van der Waals surface area contributed by atoms with Crippen LogP contribution < -0.4 is 15.7 Å². The van der Waals surface area contributed by atoms with Crippen LogP contribution in [0.25, 0.3) is 5.32 Å². The van der Waals surface area contributed by atoms with Crippen molar-refractivity contribution in [1.82, 2.24) is 10.6 Å². The molecule has 0 heterocycles. The molecule has 0 unspecified atom stereocenters. The van der Waals surface area contributed by atoms with Crippen LogP contribution in [-0.4, -0.2) is 49.1 Å². The Morgan fingerprint density at radius 2 is 1.58 bits per heavy atom. The number of carbonyl (C=O) groups is 4. The topological polar surface area (TPSA) is 147 Å². The van der Waals surface area contributed by atoms with Gasteiger partial charge in [-0.25, -0.2) is 0 Å². The fourth-order valence-electron chi connectivity index (χ4n) is 0.668. The fraction of sp³-hybridized carbons (Fsp3) is 0.500. The summed E-state index contributed by atoms with van der Waals surface area (Å²) in [7, 11) is 0.